The van der Waals surface area contributed by atoms with Crippen LogP contribution in [0.5, 0.6) is 0 Å². The molecule has 0 aliphatic heterocycles. The molecule has 1 rings (SSSR count). The van der Waals surface area contributed by atoms with Gasteiger partial charge in [-0.3, -0.25) is 5.41 Å². The number of hydrogen-bond acceptors (Lipinski definition) is 1. The Morgan fingerprint density at radius 3 is 1.91 bits per heavy atom. The SMILES string of the molecule is C.Cl.N=C(N)c1ccccc1. The van der Waals surface area contributed by atoms with Crippen molar-refractivity contribution in [3.63, 3.8) is 0 Å². The lowest BCUT2D eigenvalue weighted by molar-refractivity contribution is 1.42. The molecular weight excluding hydrogens is 160 g/mol. The van der Waals surface area contributed by atoms with Crippen LogP contribution in [0.4, 0.5) is 0 Å². The van der Waals surface area contributed by atoms with E-state index in [0.717, 1.165) is 5.56 Å². The van der Waals surface area contributed by atoms with Crippen LogP contribution in [-0.4, -0.2) is 5.84 Å². The fourth-order valence-electron chi connectivity index (χ4n) is 0.618. The van der Waals surface area contributed by atoms with Crippen LogP contribution in [0, 0.1) is 5.41 Å². The molecule has 1 aromatic carbocycles. The molecule has 0 aromatic heterocycles. The van der Waals surface area contributed by atoms with E-state index in [2.05, 4.69) is 0 Å². The molecule has 2 nitrogen and oxygen atoms in total. The summed E-state index contributed by atoms with van der Waals surface area (Å²) in [6, 6.07) is 9.23. The minimum absolute atomic E-state index is 0. The number of nitrogens with two attached hydrogens (primary N) is 1. The Bertz CT molecular complexity index is 209. The van der Waals surface area contributed by atoms with Crippen molar-refractivity contribution >= 4 is 18.2 Å². The molecule has 11 heavy (non-hydrogen) atoms. The number of halogens is 1. The highest BCUT2D eigenvalue weighted by molar-refractivity contribution is 5.94. The molecular formula is C8H13ClN2. The van der Waals surface area contributed by atoms with Gasteiger partial charge in [-0.05, 0) is 0 Å². The van der Waals surface area contributed by atoms with Crippen molar-refractivity contribution in [2.45, 2.75) is 7.43 Å². The molecule has 0 heterocycles. The fourth-order valence-corrected chi connectivity index (χ4v) is 0.618. The van der Waals surface area contributed by atoms with Crippen LogP contribution in [0.3, 0.4) is 0 Å². The van der Waals surface area contributed by atoms with E-state index in [1.807, 2.05) is 30.3 Å². The maximum Gasteiger partial charge on any atom is 0.122 e. The van der Waals surface area contributed by atoms with Gasteiger partial charge in [0.25, 0.3) is 0 Å². The summed E-state index contributed by atoms with van der Waals surface area (Å²) in [6.07, 6.45) is 0. The van der Waals surface area contributed by atoms with Gasteiger partial charge >= 0.3 is 0 Å². The molecule has 0 bridgehead atoms. The highest BCUT2D eigenvalue weighted by Crippen LogP contribution is 1.94. The third kappa shape index (κ3) is 3.63. The minimum atomic E-state index is 0. The molecule has 0 spiro atoms. The number of rotatable bonds is 1. The van der Waals surface area contributed by atoms with Crippen molar-refractivity contribution in [3.05, 3.63) is 35.9 Å². The number of hydrogen-bond donors (Lipinski definition) is 2. The summed E-state index contributed by atoms with van der Waals surface area (Å²) in [5, 5.41) is 7.01. The molecule has 0 aliphatic carbocycles. The van der Waals surface area contributed by atoms with Crippen LogP contribution in [0.25, 0.3) is 0 Å². The third-order valence-electron chi connectivity index (χ3n) is 1.08. The molecule has 3 N–H and O–H groups in total. The zero-order valence-electron chi connectivity index (χ0n) is 5.37. The third-order valence-corrected chi connectivity index (χ3v) is 1.08. The molecule has 0 aliphatic rings. The highest BCUT2D eigenvalue weighted by Gasteiger charge is 1.89. The highest BCUT2D eigenvalue weighted by atomic mass is 35.5. The zero-order chi connectivity index (χ0) is 6.69. The van der Waals surface area contributed by atoms with Gasteiger partial charge in [-0.2, -0.15) is 0 Å². The Morgan fingerprint density at radius 2 is 1.64 bits per heavy atom. The first-order chi connectivity index (χ1) is 4.30. The van der Waals surface area contributed by atoms with E-state index in [1.165, 1.54) is 0 Å². The van der Waals surface area contributed by atoms with E-state index in [4.69, 9.17) is 11.1 Å². The van der Waals surface area contributed by atoms with Gasteiger partial charge in [0.05, 0.1) is 0 Å². The van der Waals surface area contributed by atoms with Crippen LogP contribution in [0.1, 0.15) is 13.0 Å². The maximum absolute atomic E-state index is 7.01. The number of benzene rings is 1. The van der Waals surface area contributed by atoms with E-state index in [0.29, 0.717) is 0 Å². The van der Waals surface area contributed by atoms with Gasteiger partial charge in [0.15, 0.2) is 0 Å². The van der Waals surface area contributed by atoms with Gasteiger partial charge in [0.1, 0.15) is 5.84 Å². The number of nitrogens with one attached hydrogen (secondary N) is 1. The van der Waals surface area contributed by atoms with Gasteiger partial charge in [0.2, 0.25) is 0 Å². The van der Waals surface area contributed by atoms with Crippen molar-refractivity contribution in [3.8, 4) is 0 Å². The lowest BCUT2D eigenvalue weighted by Gasteiger charge is -1.93. The van der Waals surface area contributed by atoms with Crippen molar-refractivity contribution in [2.24, 2.45) is 5.73 Å². The molecule has 0 saturated heterocycles. The van der Waals surface area contributed by atoms with Gasteiger partial charge in [-0.25, -0.2) is 0 Å². The molecule has 0 unspecified atom stereocenters. The molecule has 0 radical (unpaired) electrons. The summed E-state index contributed by atoms with van der Waals surface area (Å²) >= 11 is 0. The Labute approximate surface area is 73.3 Å². The van der Waals surface area contributed by atoms with Crippen LogP contribution in [-0.2, 0) is 0 Å². The largest absolute Gasteiger partial charge is 0.384 e. The fraction of sp³-hybridized carbons (Fsp3) is 0.125. The quantitative estimate of drug-likeness (QED) is 0.494. The monoisotopic (exact) mass is 172 g/mol. The van der Waals surface area contributed by atoms with E-state index >= 15 is 0 Å². The Kier molecular flexibility index (Phi) is 6.60. The second kappa shape index (κ2) is 5.74. The van der Waals surface area contributed by atoms with Crippen molar-refractivity contribution < 1.29 is 0 Å². The average molecular weight is 173 g/mol. The van der Waals surface area contributed by atoms with Crippen molar-refractivity contribution in [2.75, 3.05) is 0 Å². The predicted molar refractivity (Wildman–Crippen MR) is 51.4 cm³/mol. The standard InChI is InChI=1S/C7H8N2.CH4.ClH/c8-7(9)6-4-2-1-3-5-6;;/h1-5H,(H3,8,9);1H4;1H. The summed E-state index contributed by atoms with van der Waals surface area (Å²) < 4.78 is 0. The van der Waals surface area contributed by atoms with Crippen molar-refractivity contribution in [1.29, 1.82) is 5.41 Å². The number of amidine groups is 1. The first-order valence-electron chi connectivity index (χ1n) is 2.70. The Morgan fingerprint density at radius 1 is 1.18 bits per heavy atom. The second-order valence-corrected chi connectivity index (χ2v) is 1.78. The van der Waals surface area contributed by atoms with Crippen LogP contribution < -0.4 is 5.73 Å². The molecule has 62 valence electrons. The molecule has 1 aromatic rings. The van der Waals surface area contributed by atoms with Gasteiger partial charge < -0.3 is 5.73 Å². The first-order valence-corrected chi connectivity index (χ1v) is 2.70. The van der Waals surface area contributed by atoms with Crippen LogP contribution >= 0.6 is 12.4 Å². The second-order valence-electron chi connectivity index (χ2n) is 1.78. The maximum atomic E-state index is 7.01. The summed E-state index contributed by atoms with van der Waals surface area (Å²) in [4.78, 5) is 0. The number of nitrogen functional groups attached to an aromatic ring is 1. The van der Waals surface area contributed by atoms with Crippen molar-refractivity contribution in [1.82, 2.24) is 0 Å². The Hall–Kier alpha value is -1.02. The van der Waals surface area contributed by atoms with Crippen LogP contribution in [0.15, 0.2) is 30.3 Å². The summed E-state index contributed by atoms with van der Waals surface area (Å²) in [6.45, 7) is 0. The summed E-state index contributed by atoms with van der Waals surface area (Å²) in [7, 11) is 0. The summed E-state index contributed by atoms with van der Waals surface area (Å²) in [5.74, 6) is 0.121. The van der Waals surface area contributed by atoms with E-state index in [-0.39, 0.29) is 25.7 Å². The minimum Gasteiger partial charge on any atom is -0.384 e. The normalized spacial score (nSPS) is 7.27. The van der Waals surface area contributed by atoms with Gasteiger partial charge in [-0.1, -0.05) is 37.8 Å². The van der Waals surface area contributed by atoms with Gasteiger partial charge in [0, 0.05) is 5.56 Å². The molecule has 0 fully saturated rings. The van der Waals surface area contributed by atoms with E-state index in [1.54, 1.807) is 0 Å². The van der Waals surface area contributed by atoms with Crippen LogP contribution in [0.2, 0.25) is 0 Å². The average Bonchev–Trinajstić information content (AvgIpc) is 1.90. The zero-order valence-corrected chi connectivity index (χ0v) is 6.19. The Balaban J connectivity index is 0. The lowest BCUT2D eigenvalue weighted by atomic mass is 10.2. The molecule has 3 heteroatoms. The van der Waals surface area contributed by atoms with E-state index in [9.17, 15) is 0 Å². The molecule has 0 saturated carbocycles. The van der Waals surface area contributed by atoms with Gasteiger partial charge in [-0.15, -0.1) is 12.4 Å². The predicted octanol–water partition coefficient (Wildman–Crippen LogP) is 2.03. The first kappa shape index (κ1) is 12.6. The molecule has 0 amide bonds. The smallest absolute Gasteiger partial charge is 0.122 e. The summed E-state index contributed by atoms with van der Waals surface area (Å²) in [5.41, 5.74) is 5.97. The lowest BCUT2D eigenvalue weighted by Crippen LogP contribution is -2.10. The van der Waals surface area contributed by atoms with E-state index < -0.39 is 0 Å². The molecule has 0 atom stereocenters. The topological polar surface area (TPSA) is 49.9 Å².